The van der Waals surface area contributed by atoms with E-state index in [1.54, 1.807) is 0 Å². The molecule has 0 fully saturated rings. The van der Waals surface area contributed by atoms with Crippen LogP contribution in [0.3, 0.4) is 0 Å². The van der Waals surface area contributed by atoms with Crippen molar-refractivity contribution in [3.8, 4) is 5.75 Å². The van der Waals surface area contributed by atoms with Gasteiger partial charge in [-0.2, -0.15) is 0 Å². The third-order valence-electron chi connectivity index (χ3n) is 2.88. The van der Waals surface area contributed by atoms with Crippen molar-refractivity contribution in [2.45, 2.75) is 6.04 Å². The first-order chi connectivity index (χ1) is 9.77. The van der Waals surface area contributed by atoms with E-state index in [2.05, 4.69) is 5.32 Å². The molecule has 2 rings (SSSR count). The van der Waals surface area contributed by atoms with Gasteiger partial charge in [0.2, 0.25) is 5.91 Å². The molecule has 2 aromatic carbocycles. The minimum absolute atomic E-state index is 0.393. The van der Waals surface area contributed by atoms with E-state index >= 15 is 0 Å². The first-order valence-corrected chi connectivity index (χ1v) is 6.53. The summed E-state index contributed by atoms with van der Waals surface area (Å²) in [4.78, 5) is 11.5. The topological polar surface area (TPSA) is 64.4 Å². The number of nitrogens with one attached hydrogen (secondary N) is 1. The largest absolute Gasteiger partial charge is 0.492 e. The van der Waals surface area contributed by atoms with Gasteiger partial charge in [0.15, 0.2) is 0 Å². The highest BCUT2D eigenvalue weighted by molar-refractivity contribution is 5.81. The van der Waals surface area contributed by atoms with Gasteiger partial charge in [-0.1, -0.05) is 48.5 Å². The van der Waals surface area contributed by atoms with E-state index in [0.29, 0.717) is 13.2 Å². The Hall–Kier alpha value is -2.33. The fourth-order valence-electron chi connectivity index (χ4n) is 1.92. The van der Waals surface area contributed by atoms with Crippen LogP contribution in [0, 0.1) is 0 Å². The molecule has 0 saturated heterocycles. The fourth-order valence-corrected chi connectivity index (χ4v) is 1.92. The molecule has 3 N–H and O–H groups in total. The molecular formula is C16H18N2O2. The van der Waals surface area contributed by atoms with Gasteiger partial charge in [-0.3, -0.25) is 10.1 Å². The van der Waals surface area contributed by atoms with Crippen molar-refractivity contribution in [3.63, 3.8) is 0 Å². The van der Waals surface area contributed by atoms with Crippen LogP contribution in [0.15, 0.2) is 60.7 Å². The molecule has 0 saturated carbocycles. The van der Waals surface area contributed by atoms with Crippen molar-refractivity contribution in [1.29, 1.82) is 0 Å². The van der Waals surface area contributed by atoms with Gasteiger partial charge >= 0.3 is 0 Å². The van der Waals surface area contributed by atoms with Crippen molar-refractivity contribution < 1.29 is 9.53 Å². The average Bonchev–Trinajstić information content (AvgIpc) is 2.49. The molecule has 1 atom stereocenters. The summed E-state index contributed by atoms with van der Waals surface area (Å²) >= 11 is 0. The Kier molecular flexibility index (Phi) is 5.15. The molecule has 1 unspecified atom stereocenters. The van der Waals surface area contributed by atoms with E-state index in [9.17, 15) is 4.79 Å². The van der Waals surface area contributed by atoms with Crippen LogP contribution in [-0.4, -0.2) is 19.1 Å². The number of ether oxygens (including phenoxy) is 1. The van der Waals surface area contributed by atoms with Crippen LogP contribution in [0.25, 0.3) is 0 Å². The summed E-state index contributed by atoms with van der Waals surface area (Å²) in [5, 5.41) is 3.11. The van der Waals surface area contributed by atoms with Crippen LogP contribution in [0.4, 0.5) is 0 Å². The number of para-hydroxylation sites is 1. The van der Waals surface area contributed by atoms with Gasteiger partial charge in [0.25, 0.3) is 0 Å². The standard InChI is InChI=1S/C16H18N2O2/c17-16(19)15(13-7-3-1-4-8-13)18-11-12-20-14-9-5-2-6-10-14/h1-10,15,18H,11-12H2,(H2,17,19). The average molecular weight is 270 g/mol. The summed E-state index contributed by atoms with van der Waals surface area (Å²) in [7, 11) is 0. The highest BCUT2D eigenvalue weighted by atomic mass is 16.5. The molecule has 2 aromatic rings. The molecule has 0 aliphatic carbocycles. The Labute approximate surface area is 118 Å². The summed E-state index contributed by atoms with van der Waals surface area (Å²) < 4.78 is 5.56. The predicted molar refractivity (Wildman–Crippen MR) is 78.3 cm³/mol. The molecule has 20 heavy (non-hydrogen) atoms. The molecule has 0 radical (unpaired) electrons. The molecule has 4 nitrogen and oxygen atoms in total. The summed E-state index contributed by atoms with van der Waals surface area (Å²) in [5.41, 5.74) is 6.28. The van der Waals surface area contributed by atoms with Crippen molar-refractivity contribution in [3.05, 3.63) is 66.2 Å². The van der Waals surface area contributed by atoms with Crippen molar-refractivity contribution in [1.82, 2.24) is 5.32 Å². The van der Waals surface area contributed by atoms with Gasteiger partial charge in [0.1, 0.15) is 18.4 Å². The maximum atomic E-state index is 11.5. The zero-order valence-electron chi connectivity index (χ0n) is 11.2. The lowest BCUT2D eigenvalue weighted by molar-refractivity contribution is -0.120. The van der Waals surface area contributed by atoms with E-state index in [-0.39, 0.29) is 0 Å². The number of rotatable bonds is 7. The number of primary amides is 1. The Morgan fingerprint density at radius 1 is 1.05 bits per heavy atom. The molecule has 0 aliphatic rings. The maximum Gasteiger partial charge on any atom is 0.239 e. The van der Waals surface area contributed by atoms with Crippen LogP contribution >= 0.6 is 0 Å². The van der Waals surface area contributed by atoms with Crippen LogP contribution < -0.4 is 15.8 Å². The Balaban J connectivity index is 1.83. The van der Waals surface area contributed by atoms with Crippen LogP contribution in [0.1, 0.15) is 11.6 Å². The second-order valence-electron chi connectivity index (χ2n) is 4.36. The van der Waals surface area contributed by atoms with Gasteiger partial charge in [-0.25, -0.2) is 0 Å². The van der Waals surface area contributed by atoms with Gasteiger partial charge in [0, 0.05) is 6.54 Å². The molecule has 104 valence electrons. The first-order valence-electron chi connectivity index (χ1n) is 6.53. The molecule has 0 aliphatic heterocycles. The first kappa shape index (κ1) is 14.1. The number of carbonyl (C=O) groups is 1. The van der Waals surface area contributed by atoms with Gasteiger partial charge in [0.05, 0.1) is 0 Å². The number of amides is 1. The summed E-state index contributed by atoms with van der Waals surface area (Å²) in [6.07, 6.45) is 0. The molecule has 0 spiro atoms. The minimum atomic E-state index is -0.490. The quantitative estimate of drug-likeness (QED) is 0.755. The molecule has 0 aromatic heterocycles. The van der Waals surface area contributed by atoms with Crippen LogP contribution in [0.2, 0.25) is 0 Å². The lowest BCUT2D eigenvalue weighted by Crippen LogP contribution is -2.35. The van der Waals surface area contributed by atoms with Gasteiger partial charge < -0.3 is 10.5 Å². The highest BCUT2D eigenvalue weighted by Gasteiger charge is 2.16. The molecule has 0 heterocycles. The summed E-state index contributed by atoms with van der Waals surface area (Å²) in [6.45, 7) is 1.01. The Bertz CT molecular complexity index is 529. The fraction of sp³-hybridized carbons (Fsp3) is 0.188. The summed E-state index contributed by atoms with van der Waals surface area (Å²) in [6, 6.07) is 18.5. The van der Waals surface area contributed by atoms with E-state index in [1.165, 1.54) is 0 Å². The zero-order valence-corrected chi connectivity index (χ0v) is 11.2. The van der Waals surface area contributed by atoms with Gasteiger partial charge in [-0.15, -0.1) is 0 Å². The van der Waals surface area contributed by atoms with Crippen LogP contribution in [-0.2, 0) is 4.79 Å². The maximum absolute atomic E-state index is 11.5. The molecule has 0 bridgehead atoms. The highest BCUT2D eigenvalue weighted by Crippen LogP contribution is 2.12. The number of nitrogens with two attached hydrogens (primary N) is 1. The minimum Gasteiger partial charge on any atom is -0.492 e. The van der Waals surface area contributed by atoms with Crippen molar-refractivity contribution >= 4 is 5.91 Å². The van der Waals surface area contributed by atoms with E-state index in [4.69, 9.17) is 10.5 Å². The third-order valence-corrected chi connectivity index (χ3v) is 2.88. The van der Waals surface area contributed by atoms with Crippen molar-refractivity contribution in [2.24, 2.45) is 5.73 Å². The lowest BCUT2D eigenvalue weighted by atomic mass is 10.1. The van der Waals surface area contributed by atoms with E-state index in [1.807, 2.05) is 60.7 Å². The zero-order chi connectivity index (χ0) is 14.2. The second-order valence-corrected chi connectivity index (χ2v) is 4.36. The van der Waals surface area contributed by atoms with Crippen LogP contribution in [0.5, 0.6) is 5.75 Å². The van der Waals surface area contributed by atoms with Crippen molar-refractivity contribution in [2.75, 3.05) is 13.2 Å². The Morgan fingerprint density at radius 3 is 2.25 bits per heavy atom. The van der Waals surface area contributed by atoms with E-state index in [0.717, 1.165) is 11.3 Å². The number of carbonyl (C=O) groups excluding carboxylic acids is 1. The second kappa shape index (κ2) is 7.31. The monoisotopic (exact) mass is 270 g/mol. The number of benzene rings is 2. The SMILES string of the molecule is NC(=O)C(NCCOc1ccccc1)c1ccccc1. The molecule has 4 heteroatoms. The lowest BCUT2D eigenvalue weighted by Gasteiger charge is -2.16. The number of hydrogen-bond acceptors (Lipinski definition) is 3. The summed E-state index contributed by atoms with van der Waals surface area (Å²) in [5.74, 6) is 0.417. The normalized spacial score (nSPS) is 11.8. The third kappa shape index (κ3) is 4.10. The Morgan fingerprint density at radius 2 is 1.65 bits per heavy atom. The smallest absolute Gasteiger partial charge is 0.239 e. The van der Waals surface area contributed by atoms with Gasteiger partial charge in [-0.05, 0) is 17.7 Å². The van der Waals surface area contributed by atoms with E-state index < -0.39 is 11.9 Å². The molecular weight excluding hydrogens is 252 g/mol. The predicted octanol–water partition coefficient (Wildman–Crippen LogP) is 1.88. The molecule has 1 amide bonds. The number of hydrogen-bond donors (Lipinski definition) is 2.